The van der Waals surface area contributed by atoms with Crippen LogP contribution < -0.4 is 11.1 Å². The number of halogens is 3. The van der Waals surface area contributed by atoms with Gasteiger partial charge in [-0.05, 0) is 36.6 Å². The van der Waals surface area contributed by atoms with E-state index in [0.29, 0.717) is 16.9 Å². The van der Waals surface area contributed by atoms with Gasteiger partial charge in [-0.1, -0.05) is 30.3 Å². The Morgan fingerprint density at radius 3 is 2.48 bits per heavy atom. The van der Waals surface area contributed by atoms with Crippen molar-refractivity contribution >= 4 is 39.1 Å². The van der Waals surface area contributed by atoms with Crippen molar-refractivity contribution < 1.29 is 22.8 Å². The third-order valence-electron chi connectivity index (χ3n) is 5.02. The Morgan fingerprint density at radius 2 is 1.91 bits per heavy atom. The van der Waals surface area contributed by atoms with Gasteiger partial charge in [0.1, 0.15) is 21.4 Å². The maximum absolute atomic E-state index is 13.6. The van der Waals surface area contributed by atoms with E-state index in [0.717, 1.165) is 11.6 Å². The number of primary amides is 1. The smallest absolute Gasteiger partial charge is 0.365 e. The first kappa shape index (κ1) is 22.5. The third kappa shape index (κ3) is 4.31. The average Bonchev–Trinajstić information content (AvgIpc) is 3.36. The minimum atomic E-state index is -4.70. The Bertz CT molecular complexity index is 1360. The number of hydrogen-bond acceptors (Lipinski definition) is 5. The zero-order valence-electron chi connectivity index (χ0n) is 17.5. The molecule has 0 spiro atoms. The van der Waals surface area contributed by atoms with Crippen LogP contribution in [0, 0.1) is 6.92 Å². The van der Waals surface area contributed by atoms with Crippen molar-refractivity contribution in [3.05, 3.63) is 64.9 Å². The van der Waals surface area contributed by atoms with Crippen LogP contribution in [0.25, 0.3) is 21.3 Å². The second kappa shape index (κ2) is 8.32. The first-order chi connectivity index (χ1) is 15.6. The zero-order chi connectivity index (χ0) is 23.9. The molecule has 0 saturated heterocycles. The van der Waals surface area contributed by atoms with Gasteiger partial charge in [-0.15, -0.1) is 11.3 Å². The van der Waals surface area contributed by atoms with Crippen molar-refractivity contribution in [1.82, 2.24) is 14.8 Å². The minimum Gasteiger partial charge on any atom is -0.365 e. The van der Waals surface area contributed by atoms with Crippen LogP contribution in [0.2, 0.25) is 0 Å². The van der Waals surface area contributed by atoms with Gasteiger partial charge in [-0.25, -0.2) is 4.98 Å². The molecule has 0 aliphatic heterocycles. The number of fused-ring (bicyclic) bond motifs is 1. The molecule has 0 aliphatic carbocycles. The molecule has 0 bridgehead atoms. The van der Waals surface area contributed by atoms with Crippen molar-refractivity contribution in [3.8, 4) is 11.1 Å². The summed E-state index contributed by atoms with van der Waals surface area (Å²) in [5.41, 5.74) is 5.93. The summed E-state index contributed by atoms with van der Waals surface area (Å²) in [6.45, 7) is 3.43. The van der Waals surface area contributed by atoms with Gasteiger partial charge in [0.05, 0.1) is 11.9 Å². The van der Waals surface area contributed by atoms with Crippen LogP contribution in [-0.4, -0.2) is 26.6 Å². The topological polar surface area (TPSA) is 103 Å². The van der Waals surface area contributed by atoms with Crippen LogP contribution in [0.4, 0.5) is 18.9 Å². The Morgan fingerprint density at radius 1 is 1.21 bits per heavy atom. The number of hydrogen-bond donors (Lipinski definition) is 2. The summed E-state index contributed by atoms with van der Waals surface area (Å²) in [5.74, 6) is -1.40. The first-order valence-corrected chi connectivity index (χ1v) is 10.6. The highest BCUT2D eigenvalue weighted by atomic mass is 32.1. The van der Waals surface area contributed by atoms with Crippen LogP contribution in [0.3, 0.4) is 0 Å². The summed E-state index contributed by atoms with van der Waals surface area (Å²) >= 11 is 0.702. The predicted molar refractivity (Wildman–Crippen MR) is 119 cm³/mol. The number of anilines is 1. The zero-order valence-corrected chi connectivity index (χ0v) is 18.3. The molecule has 33 heavy (non-hydrogen) atoms. The monoisotopic (exact) mass is 473 g/mol. The minimum absolute atomic E-state index is 0.0308. The average molecular weight is 473 g/mol. The van der Waals surface area contributed by atoms with E-state index in [1.165, 1.54) is 4.68 Å². The molecule has 3 aromatic heterocycles. The van der Waals surface area contributed by atoms with Crippen molar-refractivity contribution in [1.29, 1.82) is 0 Å². The number of aryl methyl sites for hydroxylation is 1. The number of aromatic nitrogens is 3. The molecule has 1 atom stereocenters. The second-order valence-corrected chi connectivity index (χ2v) is 8.43. The molecule has 1 unspecified atom stereocenters. The summed E-state index contributed by atoms with van der Waals surface area (Å²) in [5, 5.41) is 7.01. The molecular formula is C22H18F3N5O2S. The first-order valence-electron chi connectivity index (χ1n) is 9.78. The summed E-state index contributed by atoms with van der Waals surface area (Å²) in [6, 6.07) is 8.51. The number of carbonyl (C=O) groups excluding carboxylic acids is 2. The van der Waals surface area contributed by atoms with E-state index < -0.39 is 29.7 Å². The van der Waals surface area contributed by atoms with Crippen LogP contribution in [-0.2, 0) is 11.0 Å². The van der Waals surface area contributed by atoms with Gasteiger partial charge in [0, 0.05) is 11.6 Å². The van der Waals surface area contributed by atoms with Crippen LogP contribution >= 0.6 is 11.3 Å². The maximum Gasteiger partial charge on any atom is 0.433 e. The largest absolute Gasteiger partial charge is 0.433 e. The van der Waals surface area contributed by atoms with E-state index in [9.17, 15) is 22.8 Å². The summed E-state index contributed by atoms with van der Waals surface area (Å²) < 4.78 is 42.1. The number of nitrogens with zero attached hydrogens (tertiary/aromatic N) is 3. The van der Waals surface area contributed by atoms with Crippen LogP contribution in [0.1, 0.15) is 33.9 Å². The maximum atomic E-state index is 13.6. The number of alkyl halides is 3. The Kier molecular flexibility index (Phi) is 5.66. The Labute approximate surface area is 190 Å². The quantitative estimate of drug-likeness (QED) is 0.435. The fraction of sp³-hybridized carbons (Fsp3) is 0.182. The third-order valence-corrected chi connectivity index (χ3v) is 6.11. The molecule has 0 saturated carbocycles. The highest BCUT2D eigenvalue weighted by Crippen LogP contribution is 2.43. The van der Waals surface area contributed by atoms with E-state index in [2.05, 4.69) is 15.4 Å². The van der Waals surface area contributed by atoms with Crippen molar-refractivity contribution in [2.75, 3.05) is 5.32 Å². The van der Waals surface area contributed by atoms with Gasteiger partial charge < -0.3 is 11.1 Å². The molecule has 0 radical (unpaired) electrons. The van der Waals surface area contributed by atoms with E-state index >= 15 is 0 Å². The van der Waals surface area contributed by atoms with Gasteiger partial charge in [-0.2, -0.15) is 18.3 Å². The number of amides is 2. The number of carbonyl (C=O) groups is 2. The molecule has 11 heteroatoms. The molecule has 3 heterocycles. The predicted octanol–water partition coefficient (Wildman–Crippen LogP) is 4.79. The fourth-order valence-corrected chi connectivity index (χ4v) is 4.38. The molecule has 0 fully saturated rings. The summed E-state index contributed by atoms with van der Waals surface area (Å²) in [6.07, 6.45) is -1.43. The molecular weight excluding hydrogens is 455 g/mol. The van der Waals surface area contributed by atoms with Crippen molar-refractivity contribution in [2.24, 2.45) is 5.73 Å². The van der Waals surface area contributed by atoms with Crippen LogP contribution in [0.5, 0.6) is 0 Å². The molecule has 170 valence electrons. The number of nitrogens with two attached hydrogens (primary N) is 1. The molecule has 0 aliphatic rings. The van der Waals surface area contributed by atoms with Crippen molar-refractivity contribution in [2.45, 2.75) is 26.1 Å². The number of pyridine rings is 1. The number of rotatable bonds is 5. The van der Waals surface area contributed by atoms with E-state index in [-0.39, 0.29) is 26.3 Å². The lowest BCUT2D eigenvalue weighted by molar-refractivity contribution is -0.140. The molecule has 2 amide bonds. The summed E-state index contributed by atoms with van der Waals surface area (Å²) in [7, 11) is 0. The summed E-state index contributed by atoms with van der Waals surface area (Å²) in [4.78, 5) is 28.7. The molecule has 1 aromatic carbocycles. The lowest BCUT2D eigenvalue weighted by atomic mass is 10.0. The highest BCUT2D eigenvalue weighted by molar-refractivity contribution is 7.21. The second-order valence-electron chi connectivity index (χ2n) is 7.43. The molecule has 4 rings (SSSR count). The number of nitrogens with one attached hydrogen (secondary N) is 1. The van der Waals surface area contributed by atoms with Gasteiger partial charge in [-0.3, -0.25) is 14.3 Å². The van der Waals surface area contributed by atoms with Gasteiger partial charge >= 0.3 is 6.18 Å². The van der Waals surface area contributed by atoms with Gasteiger partial charge in [0.15, 0.2) is 0 Å². The van der Waals surface area contributed by atoms with E-state index in [4.69, 9.17) is 5.73 Å². The Balaban J connectivity index is 1.92. The molecule has 4 aromatic rings. The van der Waals surface area contributed by atoms with Gasteiger partial charge in [0.2, 0.25) is 5.91 Å². The van der Waals surface area contributed by atoms with Crippen molar-refractivity contribution in [3.63, 3.8) is 0 Å². The van der Waals surface area contributed by atoms with E-state index in [1.54, 1.807) is 49.6 Å². The molecule has 7 nitrogen and oxygen atoms in total. The Hall–Kier alpha value is -3.73. The SMILES string of the molecule is Cc1cnn(C(C)C(=O)Nc2c(C(N)=O)sc3nc(C(F)(F)F)cc(-c4ccccc4)c23)c1. The lowest BCUT2D eigenvalue weighted by Crippen LogP contribution is -2.25. The fourth-order valence-electron chi connectivity index (χ4n) is 3.37. The number of benzene rings is 1. The standard InChI is InChI=1S/C22H18F3N5O2S/c1-11-9-27-30(10-11)12(2)20(32)29-17-16-14(13-6-4-3-5-7-13)8-15(22(23,24)25)28-21(16)33-18(17)19(26)31/h3-10,12H,1-2H3,(H2,26,31)(H,29,32). The number of thiophene rings is 1. The van der Waals surface area contributed by atoms with Gasteiger partial charge in [0.25, 0.3) is 5.91 Å². The van der Waals surface area contributed by atoms with Crippen LogP contribution in [0.15, 0.2) is 48.8 Å². The molecule has 3 N–H and O–H groups in total. The normalized spacial score (nSPS) is 12.6. The lowest BCUT2D eigenvalue weighted by Gasteiger charge is -2.15. The highest BCUT2D eigenvalue weighted by Gasteiger charge is 2.35. The van der Waals surface area contributed by atoms with E-state index in [1.807, 2.05) is 6.92 Å².